The summed E-state index contributed by atoms with van der Waals surface area (Å²) in [5.41, 5.74) is 1.13. The van der Waals surface area contributed by atoms with Crippen molar-refractivity contribution in [1.29, 1.82) is 0 Å². The highest BCUT2D eigenvalue weighted by Gasteiger charge is 2.37. The Morgan fingerprint density at radius 2 is 1.85 bits per heavy atom. The van der Waals surface area contributed by atoms with E-state index in [9.17, 15) is 14.9 Å². The van der Waals surface area contributed by atoms with Crippen molar-refractivity contribution >= 4 is 11.6 Å². The third kappa shape index (κ3) is 4.09. The summed E-state index contributed by atoms with van der Waals surface area (Å²) in [5.74, 6) is 0.537. The fourth-order valence-electron chi connectivity index (χ4n) is 3.47. The van der Waals surface area contributed by atoms with Crippen LogP contribution in [-0.2, 0) is 10.2 Å². The number of carbonyl (C=O) groups is 1. The summed E-state index contributed by atoms with van der Waals surface area (Å²) in [6.45, 7) is 1.67. The van der Waals surface area contributed by atoms with Crippen molar-refractivity contribution in [2.75, 3.05) is 26.9 Å². The number of nitrogens with one attached hydrogen (secondary N) is 1. The number of hydrogen-bond donors (Lipinski definition) is 1. The van der Waals surface area contributed by atoms with Crippen molar-refractivity contribution in [3.05, 3.63) is 69.8 Å². The molecule has 1 fully saturated rings. The number of benzene rings is 2. The highest BCUT2D eigenvalue weighted by Crippen LogP contribution is 2.39. The van der Waals surface area contributed by atoms with Crippen LogP contribution in [-0.4, -0.2) is 37.7 Å². The van der Waals surface area contributed by atoms with Gasteiger partial charge in [-0.1, -0.05) is 18.2 Å². The Hall–Kier alpha value is -2.93. The van der Waals surface area contributed by atoms with Crippen molar-refractivity contribution in [3.8, 4) is 5.75 Å². The number of rotatable bonds is 6. The fraction of sp³-hybridized carbons (Fsp3) is 0.350. The number of carbonyl (C=O) groups excluding carboxylic acids is 1. The highest BCUT2D eigenvalue weighted by molar-refractivity contribution is 5.94. The van der Waals surface area contributed by atoms with Gasteiger partial charge in [0.25, 0.3) is 11.6 Å². The van der Waals surface area contributed by atoms with E-state index in [1.54, 1.807) is 7.11 Å². The van der Waals surface area contributed by atoms with Crippen LogP contribution in [0.1, 0.15) is 28.8 Å². The topological polar surface area (TPSA) is 90.7 Å². The Bertz CT molecular complexity index is 813. The van der Waals surface area contributed by atoms with Gasteiger partial charge in [0, 0.05) is 48.4 Å². The molecule has 0 spiro atoms. The molecule has 0 atom stereocenters. The number of non-ortho nitro benzene ring substituents is 1. The number of nitro benzene ring substituents is 1. The molecule has 7 heteroatoms. The number of ether oxygens (including phenoxy) is 2. The van der Waals surface area contributed by atoms with E-state index in [0.717, 1.165) is 24.2 Å². The van der Waals surface area contributed by atoms with Gasteiger partial charge in [-0.2, -0.15) is 0 Å². The van der Waals surface area contributed by atoms with Crippen LogP contribution in [0, 0.1) is 10.1 Å². The molecule has 1 aliphatic rings. The molecular weight excluding hydrogens is 348 g/mol. The molecule has 2 aromatic rings. The van der Waals surface area contributed by atoms with Crippen molar-refractivity contribution in [3.63, 3.8) is 0 Å². The number of para-hydroxylation sites is 1. The minimum Gasteiger partial charge on any atom is -0.496 e. The van der Waals surface area contributed by atoms with E-state index < -0.39 is 4.92 Å². The van der Waals surface area contributed by atoms with Crippen molar-refractivity contribution in [2.45, 2.75) is 18.3 Å². The molecule has 7 nitrogen and oxygen atoms in total. The summed E-state index contributed by atoms with van der Waals surface area (Å²) < 4.78 is 11.1. The van der Waals surface area contributed by atoms with Crippen LogP contribution in [0.5, 0.6) is 5.75 Å². The molecule has 0 saturated carbocycles. The van der Waals surface area contributed by atoms with Gasteiger partial charge in [-0.05, 0) is 31.0 Å². The van der Waals surface area contributed by atoms with Gasteiger partial charge in [-0.25, -0.2) is 0 Å². The molecule has 1 aliphatic heterocycles. The number of nitro groups is 1. The van der Waals surface area contributed by atoms with E-state index in [4.69, 9.17) is 9.47 Å². The molecule has 0 unspecified atom stereocenters. The van der Waals surface area contributed by atoms with Crippen LogP contribution in [0.15, 0.2) is 48.5 Å². The molecule has 0 aliphatic carbocycles. The summed E-state index contributed by atoms with van der Waals surface area (Å²) in [6, 6.07) is 13.4. The molecule has 1 amide bonds. The Labute approximate surface area is 157 Å². The second-order valence-electron chi connectivity index (χ2n) is 6.58. The molecular formula is C20H22N2O5. The first kappa shape index (κ1) is 18.8. The Morgan fingerprint density at radius 1 is 1.19 bits per heavy atom. The number of methoxy groups -OCH3 is 1. The average Bonchev–Trinajstić information content (AvgIpc) is 2.72. The molecule has 1 N–H and O–H groups in total. The molecule has 2 aromatic carbocycles. The number of nitrogens with zero attached hydrogens (tertiary/aromatic N) is 1. The van der Waals surface area contributed by atoms with Gasteiger partial charge >= 0.3 is 0 Å². The molecule has 3 rings (SSSR count). The quantitative estimate of drug-likeness (QED) is 0.623. The maximum Gasteiger partial charge on any atom is 0.269 e. The van der Waals surface area contributed by atoms with E-state index in [2.05, 4.69) is 5.32 Å². The van der Waals surface area contributed by atoms with Gasteiger partial charge in [0.1, 0.15) is 5.75 Å². The van der Waals surface area contributed by atoms with Crippen LogP contribution in [0.4, 0.5) is 5.69 Å². The maximum absolute atomic E-state index is 12.6. The minimum atomic E-state index is -0.486. The summed E-state index contributed by atoms with van der Waals surface area (Å²) in [7, 11) is 1.64. The molecule has 0 bridgehead atoms. The second-order valence-corrected chi connectivity index (χ2v) is 6.58. The standard InChI is InChI=1S/C20H22N2O5/c1-26-18-5-3-2-4-17(18)20(10-12-27-13-11-20)14-21-19(23)15-6-8-16(9-7-15)22(24)25/h2-9H,10-14H2,1H3,(H,21,23). The van der Waals surface area contributed by atoms with E-state index in [1.165, 1.54) is 24.3 Å². The molecule has 0 aromatic heterocycles. The molecule has 0 radical (unpaired) electrons. The van der Waals surface area contributed by atoms with E-state index in [0.29, 0.717) is 25.3 Å². The van der Waals surface area contributed by atoms with Crippen LogP contribution in [0.3, 0.4) is 0 Å². The lowest BCUT2D eigenvalue weighted by Gasteiger charge is -2.38. The zero-order valence-electron chi connectivity index (χ0n) is 15.1. The minimum absolute atomic E-state index is 0.0403. The van der Waals surface area contributed by atoms with Gasteiger partial charge in [-0.15, -0.1) is 0 Å². The lowest BCUT2D eigenvalue weighted by atomic mass is 9.73. The van der Waals surface area contributed by atoms with E-state index in [-0.39, 0.29) is 17.0 Å². The second kappa shape index (κ2) is 8.18. The van der Waals surface area contributed by atoms with Gasteiger partial charge in [0.15, 0.2) is 0 Å². The average molecular weight is 370 g/mol. The highest BCUT2D eigenvalue weighted by atomic mass is 16.6. The van der Waals surface area contributed by atoms with Crippen LogP contribution in [0.25, 0.3) is 0 Å². The van der Waals surface area contributed by atoms with Crippen LogP contribution >= 0.6 is 0 Å². The van der Waals surface area contributed by atoms with Crippen molar-refractivity contribution < 1.29 is 19.2 Å². The Kier molecular flexibility index (Phi) is 5.71. The maximum atomic E-state index is 12.6. The van der Waals surface area contributed by atoms with Gasteiger partial charge in [0.2, 0.25) is 0 Å². The van der Waals surface area contributed by atoms with Crippen LogP contribution in [0.2, 0.25) is 0 Å². The van der Waals surface area contributed by atoms with Crippen LogP contribution < -0.4 is 10.1 Å². The number of amides is 1. The molecule has 142 valence electrons. The van der Waals surface area contributed by atoms with Gasteiger partial charge in [-0.3, -0.25) is 14.9 Å². The fourth-order valence-corrected chi connectivity index (χ4v) is 3.47. The lowest BCUT2D eigenvalue weighted by Crippen LogP contribution is -2.44. The van der Waals surface area contributed by atoms with Crippen molar-refractivity contribution in [2.24, 2.45) is 0 Å². The van der Waals surface area contributed by atoms with Gasteiger partial charge < -0.3 is 14.8 Å². The first-order valence-corrected chi connectivity index (χ1v) is 8.80. The first-order chi connectivity index (χ1) is 13.1. The van der Waals surface area contributed by atoms with E-state index in [1.807, 2.05) is 24.3 Å². The van der Waals surface area contributed by atoms with Crippen molar-refractivity contribution in [1.82, 2.24) is 5.32 Å². The smallest absolute Gasteiger partial charge is 0.269 e. The lowest BCUT2D eigenvalue weighted by molar-refractivity contribution is -0.384. The summed E-state index contributed by atoms with van der Waals surface area (Å²) in [6.07, 6.45) is 1.54. The third-order valence-corrected chi connectivity index (χ3v) is 5.06. The zero-order valence-corrected chi connectivity index (χ0v) is 15.1. The predicted octanol–water partition coefficient (Wildman–Crippen LogP) is 3.08. The molecule has 1 saturated heterocycles. The third-order valence-electron chi connectivity index (χ3n) is 5.06. The number of hydrogen-bond acceptors (Lipinski definition) is 5. The monoisotopic (exact) mass is 370 g/mol. The SMILES string of the molecule is COc1ccccc1C1(CNC(=O)c2ccc([N+](=O)[O-])cc2)CCOCC1. The Morgan fingerprint density at radius 3 is 2.48 bits per heavy atom. The summed E-state index contributed by atoms with van der Waals surface area (Å²) in [4.78, 5) is 22.8. The Balaban J connectivity index is 1.79. The zero-order chi connectivity index (χ0) is 19.3. The summed E-state index contributed by atoms with van der Waals surface area (Å²) in [5, 5.41) is 13.7. The predicted molar refractivity (Wildman–Crippen MR) is 100 cm³/mol. The van der Waals surface area contributed by atoms with E-state index >= 15 is 0 Å². The first-order valence-electron chi connectivity index (χ1n) is 8.80. The molecule has 27 heavy (non-hydrogen) atoms. The normalized spacial score (nSPS) is 15.7. The van der Waals surface area contributed by atoms with Gasteiger partial charge in [0.05, 0.1) is 12.0 Å². The molecule has 1 heterocycles. The largest absolute Gasteiger partial charge is 0.496 e. The summed E-state index contributed by atoms with van der Waals surface area (Å²) >= 11 is 0.